The average molecular weight is 332 g/mol. The van der Waals surface area contributed by atoms with E-state index in [1.54, 1.807) is 6.20 Å². The molecule has 0 amide bonds. The van der Waals surface area contributed by atoms with Gasteiger partial charge in [0.05, 0.1) is 6.20 Å². The molecule has 2 aromatic rings. The molecular weight excluding hydrogens is 310 g/mol. The first-order valence-corrected chi connectivity index (χ1v) is 8.58. The Morgan fingerprint density at radius 2 is 2.09 bits per heavy atom. The van der Waals surface area contributed by atoms with E-state index in [0.29, 0.717) is 12.6 Å². The monoisotopic (exact) mass is 331 g/mol. The van der Waals surface area contributed by atoms with Gasteiger partial charge in [0.15, 0.2) is 5.82 Å². The molecule has 0 spiro atoms. The lowest BCUT2D eigenvalue weighted by molar-refractivity contribution is 0.441. The molecule has 1 saturated heterocycles. The number of benzene rings is 1. The van der Waals surface area contributed by atoms with Crippen LogP contribution in [-0.4, -0.2) is 27.8 Å². The van der Waals surface area contributed by atoms with Crippen LogP contribution in [0.25, 0.3) is 0 Å². The van der Waals surface area contributed by atoms with Crippen LogP contribution in [0, 0.1) is 0 Å². The second-order valence-corrected chi connectivity index (χ2v) is 6.31. The van der Waals surface area contributed by atoms with E-state index in [-0.39, 0.29) is 0 Å². The first-order chi connectivity index (χ1) is 11.3. The standard InChI is InChI=1S/C17H22ClN5/c1-2-15-5-3-4-10-23(15)17-21-16(12-20-22-17)19-11-13-6-8-14(18)9-7-13/h6-9,12,15H,2-5,10-11H2,1H3,(H,19,21,22). The smallest absolute Gasteiger partial charge is 0.247 e. The highest BCUT2D eigenvalue weighted by Gasteiger charge is 2.23. The minimum atomic E-state index is 0.525. The topological polar surface area (TPSA) is 53.9 Å². The third-order valence-electron chi connectivity index (χ3n) is 4.29. The van der Waals surface area contributed by atoms with Crippen LogP contribution in [0.1, 0.15) is 38.2 Å². The van der Waals surface area contributed by atoms with Gasteiger partial charge in [-0.25, -0.2) is 0 Å². The van der Waals surface area contributed by atoms with Crippen molar-refractivity contribution in [1.29, 1.82) is 0 Å². The molecule has 0 saturated carbocycles. The molecule has 0 aliphatic carbocycles. The van der Waals surface area contributed by atoms with E-state index in [1.807, 2.05) is 24.3 Å². The molecule has 1 aliphatic rings. The van der Waals surface area contributed by atoms with Crippen LogP contribution in [0.3, 0.4) is 0 Å². The van der Waals surface area contributed by atoms with Gasteiger partial charge < -0.3 is 10.2 Å². The van der Waals surface area contributed by atoms with Gasteiger partial charge in [0.1, 0.15) is 0 Å². The summed E-state index contributed by atoms with van der Waals surface area (Å²) in [5, 5.41) is 12.4. The van der Waals surface area contributed by atoms with Crippen molar-refractivity contribution in [3.63, 3.8) is 0 Å². The number of halogens is 1. The SMILES string of the molecule is CCC1CCCCN1c1nncc(NCc2ccc(Cl)cc2)n1. The molecule has 6 heteroatoms. The number of hydrogen-bond acceptors (Lipinski definition) is 5. The van der Waals surface area contributed by atoms with Crippen molar-refractivity contribution < 1.29 is 0 Å². The molecule has 122 valence electrons. The summed E-state index contributed by atoms with van der Waals surface area (Å²) in [4.78, 5) is 6.94. The molecule has 1 N–H and O–H groups in total. The number of nitrogens with one attached hydrogen (secondary N) is 1. The fraction of sp³-hybridized carbons (Fsp3) is 0.471. The maximum atomic E-state index is 5.91. The van der Waals surface area contributed by atoms with Crippen molar-refractivity contribution in [2.24, 2.45) is 0 Å². The zero-order chi connectivity index (χ0) is 16.1. The lowest BCUT2D eigenvalue weighted by Crippen LogP contribution is -2.40. The van der Waals surface area contributed by atoms with Crippen molar-refractivity contribution in [2.75, 3.05) is 16.8 Å². The third kappa shape index (κ3) is 4.10. The Balaban J connectivity index is 1.68. The molecule has 0 bridgehead atoms. The molecule has 1 atom stereocenters. The summed E-state index contributed by atoms with van der Waals surface area (Å²) < 4.78 is 0. The summed E-state index contributed by atoms with van der Waals surface area (Å²) in [5.41, 5.74) is 1.15. The van der Waals surface area contributed by atoms with E-state index < -0.39 is 0 Å². The van der Waals surface area contributed by atoms with E-state index in [4.69, 9.17) is 11.6 Å². The maximum Gasteiger partial charge on any atom is 0.247 e. The van der Waals surface area contributed by atoms with Gasteiger partial charge in [0.25, 0.3) is 0 Å². The summed E-state index contributed by atoms with van der Waals surface area (Å²) >= 11 is 5.91. The summed E-state index contributed by atoms with van der Waals surface area (Å²) in [6.07, 6.45) is 6.48. The Bertz CT molecular complexity index is 631. The molecule has 1 aromatic heterocycles. The molecule has 5 nitrogen and oxygen atoms in total. The van der Waals surface area contributed by atoms with Gasteiger partial charge in [0.2, 0.25) is 5.95 Å². The van der Waals surface area contributed by atoms with Crippen LogP contribution >= 0.6 is 11.6 Å². The Labute approximate surface area is 142 Å². The van der Waals surface area contributed by atoms with Crippen LogP contribution in [0.4, 0.5) is 11.8 Å². The van der Waals surface area contributed by atoms with Crippen molar-refractivity contribution in [2.45, 2.75) is 45.2 Å². The molecule has 1 aliphatic heterocycles. The summed E-state index contributed by atoms with van der Waals surface area (Å²) in [7, 11) is 0. The van der Waals surface area contributed by atoms with Gasteiger partial charge in [-0.2, -0.15) is 10.1 Å². The zero-order valence-corrected chi connectivity index (χ0v) is 14.1. The normalized spacial score (nSPS) is 18.0. The fourth-order valence-corrected chi connectivity index (χ4v) is 3.11. The van der Waals surface area contributed by atoms with Crippen LogP contribution in [0.15, 0.2) is 30.5 Å². The minimum Gasteiger partial charge on any atom is -0.365 e. The Hall–Kier alpha value is -1.88. The van der Waals surface area contributed by atoms with Crippen LogP contribution in [0.2, 0.25) is 5.02 Å². The number of piperidine rings is 1. The van der Waals surface area contributed by atoms with Gasteiger partial charge in [0, 0.05) is 24.2 Å². The molecule has 2 heterocycles. The van der Waals surface area contributed by atoms with Crippen LogP contribution in [-0.2, 0) is 6.54 Å². The van der Waals surface area contributed by atoms with Crippen molar-refractivity contribution in [1.82, 2.24) is 15.2 Å². The fourth-order valence-electron chi connectivity index (χ4n) is 2.98. The summed E-state index contributed by atoms with van der Waals surface area (Å²) in [6.45, 7) is 3.92. The lowest BCUT2D eigenvalue weighted by Gasteiger charge is -2.34. The van der Waals surface area contributed by atoms with E-state index >= 15 is 0 Å². The summed E-state index contributed by atoms with van der Waals surface area (Å²) in [6, 6.07) is 8.31. The lowest BCUT2D eigenvalue weighted by atomic mass is 10.0. The predicted molar refractivity (Wildman–Crippen MR) is 93.9 cm³/mol. The van der Waals surface area contributed by atoms with E-state index in [1.165, 1.54) is 19.3 Å². The van der Waals surface area contributed by atoms with Gasteiger partial charge in [-0.15, -0.1) is 5.10 Å². The largest absolute Gasteiger partial charge is 0.365 e. The molecule has 3 rings (SSSR count). The second-order valence-electron chi connectivity index (χ2n) is 5.87. The van der Waals surface area contributed by atoms with E-state index in [2.05, 4.69) is 32.3 Å². The minimum absolute atomic E-state index is 0.525. The quantitative estimate of drug-likeness (QED) is 0.900. The second kappa shape index (κ2) is 7.59. The predicted octanol–water partition coefficient (Wildman–Crippen LogP) is 3.91. The number of nitrogens with zero attached hydrogens (tertiary/aromatic N) is 4. The Morgan fingerprint density at radius 3 is 2.87 bits per heavy atom. The third-order valence-corrected chi connectivity index (χ3v) is 4.54. The first-order valence-electron chi connectivity index (χ1n) is 8.21. The number of rotatable bonds is 5. The molecule has 23 heavy (non-hydrogen) atoms. The molecule has 1 fully saturated rings. The Morgan fingerprint density at radius 1 is 1.26 bits per heavy atom. The van der Waals surface area contributed by atoms with Crippen molar-refractivity contribution in [3.05, 3.63) is 41.0 Å². The van der Waals surface area contributed by atoms with Gasteiger partial charge in [-0.05, 0) is 43.4 Å². The highest BCUT2D eigenvalue weighted by molar-refractivity contribution is 6.30. The van der Waals surface area contributed by atoms with Crippen LogP contribution in [0.5, 0.6) is 0 Å². The Kier molecular flexibility index (Phi) is 5.28. The highest BCUT2D eigenvalue weighted by Crippen LogP contribution is 2.24. The van der Waals surface area contributed by atoms with Gasteiger partial charge in [-0.3, -0.25) is 0 Å². The maximum absolute atomic E-state index is 5.91. The number of hydrogen-bond donors (Lipinski definition) is 1. The zero-order valence-electron chi connectivity index (χ0n) is 13.4. The molecule has 1 aromatic carbocycles. The first kappa shape index (κ1) is 16.0. The van der Waals surface area contributed by atoms with Gasteiger partial charge in [-0.1, -0.05) is 30.7 Å². The number of anilines is 2. The number of aromatic nitrogens is 3. The van der Waals surface area contributed by atoms with Crippen LogP contribution < -0.4 is 10.2 Å². The molecular formula is C17H22ClN5. The van der Waals surface area contributed by atoms with Crippen molar-refractivity contribution >= 4 is 23.4 Å². The molecule has 0 radical (unpaired) electrons. The van der Waals surface area contributed by atoms with Crippen molar-refractivity contribution in [3.8, 4) is 0 Å². The average Bonchev–Trinajstić information content (AvgIpc) is 2.61. The van der Waals surface area contributed by atoms with E-state index in [0.717, 1.165) is 35.3 Å². The highest BCUT2D eigenvalue weighted by atomic mass is 35.5. The van der Waals surface area contributed by atoms with E-state index in [9.17, 15) is 0 Å². The molecule has 1 unspecified atom stereocenters. The van der Waals surface area contributed by atoms with Gasteiger partial charge >= 0.3 is 0 Å². The summed E-state index contributed by atoms with van der Waals surface area (Å²) in [5.74, 6) is 1.49.